The molecule has 0 spiro atoms. The molecule has 26 heavy (non-hydrogen) atoms. The minimum atomic E-state index is -0.362. The number of likely N-dealkylation sites (tertiary alicyclic amines) is 1. The van der Waals surface area contributed by atoms with Gasteiger partial charge >= 0.3 is 0 Å². The zero-order valence-corrected chi connectivity index (χ0v) is 15.4. The summed E-state index contributed by atoms with van der Waals surface area (Å²) >= 11 is 0. The van der Waals surface area contributed by atoms with Crippen molar-refractivity contribution in [1.82, 2.24) is 14.5 Å². The maximum Gasteiger partial charge on any atom is 0.222 e. The van der Waals surface area contributed by atoms with Crippen LogP contribution in [-0.4, -0.2) is 39.1 Å². The van der Waals surface area contributed by atoms with Crippen LogP contribution in [0.25, 0.3) is 0 Å². The number of carbonyl (C=O) groups excluding carboxylic acids is 1. The van der Waals surface area contributed by atoms with E-state index in [1.807, 2.05) is 11.1 Å². The number of piperidine rings is 1. The molecule has 6 heteroatoms. The monoisotopic (exact) mass is 353 g/mol. The first kappa shape index (κ1) is 17.3. The molecule has 6 nitrogen and oxygen atoms in total. The van der Waals surface area contributed by atoms with Gasteiger partial charge in [0.15, 0.2) is 5.66 Å². The SMILES string of the molecule is C#CCCC1(CCC(=O)N2CCCC(c3ncc4n3CCCC4)C2)N=N1. The minimum Gasteiger partial charge on any atom is -0.342 e. The highest BCUT2D eigenvalue weighted by atomic mass is 16.2. The Labute approximate surface area is 155 Å². The van der Waals surface area contributed by atoms with Gasteiger partial charge < -0.3 is 9.47 Å². The Morgan fingerprint density at radius 3 is 2.96 bits per heavy atom. The molecule has 1 fully saturated rings. The van der Waals surface area contributed by atoms with E-state index in [0.29, 0.717) is 25.2 Å². The number of fused-ring (bicyclic) bond motifs is 1. The van der Waals surface area contributed by atoms with Crippen molar-refractivity contribution in [3.05, 3.63) is 17.7 Å². The van der Waals surface area contributed by atoms with E-state index in [4.69, 9.17) is 11.4 Å². The number of terminal acetylenes is 1. The molecule has 0 N–H and O–H groups in total. The molecule has 0 radical (unpaired) electrons. The van der Waals surface area contributed by atoms with E-state index in [2.05, 4.69) is 20.7 Å². The maximum atomic E-state index is 12.7. The smallest absolute Gasteiger partial charge is 0.222 e. The number of aryl methyl sites for hydroxylation is 1. The average molecular weight is 353 g/mol. The molecule has 1 aromatic rings. The van der Waals surface area contributed by atoms with Crippen LogP contribution in [-0.2, 0) is 17.8 Å². The van der Waals surface area contributed by atoms with Gasteiger partial charge in [0.05, 0.1) is 0 Å². The lowest BCUT2D eigenvalue weighted by atomic mass is 9.95. The van der Waals surface area contributed by atoms with Crippen molar-refractivity contribution < 1.29 is 4.79 Å². The van der Waals surface area contributed by atoms with Gasteiger partial charge in [-0.25, -0.2) is 4.98 Å². The van der Waals surface area contributed by atoms with E-state index in [1.165, 1.54) is 24.4 Å². The van der Waals surface area contributed by atoms with Gasteiger partial charge in [-0.3, -0.25) is 4.79 Å². The predicted octanol–water partition coefficient (Wildman–Crippen LogP) is 3.28. The number of imidazole rings is 1. The first-order valence-corrected chi connectivity index (χ1v) is 9.90. The van der Waals surface area contributed by atoms with Gasteiger partial charge in [0.2, 0.25) is 5.91 Å². The lowest BCUT2D eigenvalue weighted by Crippen LogP contribution is -2.40. The quantitative estimate of drug-likeness (QED) is 0.737. The van der Waals surface area contributed by atoms with Crippen LogP contribution < -0.4 is 0 Å². The largest absolute Gasteiger partial charge is 0.342 e. The third-order valence-electron chi connectivity index (χ3n) is 5.96. The van der Waals surface area contributed by atoms with Crippen molar-refractivity contribution in [1.29, 1.82) is 0 Å². The standard InChI is InChI=1S/C20H27N5O/c1-2-3-10-20(22-23-20)11-9-18(26)24-12-6-7-16(15-24)19-21-14-17-8-4-5-13-25(17)19/h1,14,16H,3-13,15H2. The summed E-state index contributed by atoms with van der Waals surface area (Å²) in [6.07, 6.45) is 15.8. The Bertz CT molecular complexity index is 738. The van der Waals surface area contributed by atoms with Crippen LogP contribution in [0, 0.1) is 12.3 Å². The molecule has 0 saturated carbocycles. The summed E-state index contributed by atoms with van der Waals surface area (Å²) in [4.78, 5) is 19.5. The number of nitrogens with zero attached hydrogens (tertiary/aromatic N) is 5. The first-order chi connectivity index (χ1) is 12.7. The molecule has 1 unspecified atom stereocenters. The van der Waals surface area contributed by atoms with Gasteiger partial charge in [0.25, 0.3) is 0 Å². The lowest BCUT2D eigenvalue weighted by Gasteiger charge is -2.33. The van der Waals surface area contributed by atoms with Gasteiger partial charge in [-0.1, -0.05) is 0 Å². The predicted molar refractivity (Wildman–Crippen MR) is 98.6 cm³/mol. The van der Waals surface area contributed by atoms with E-state index in [9.17, 15) is 4.79 Å². The molecule has 3 aliphatic heterocycles. The fourth-order valence-electron chi connectivity index (χ4n) is 4.33. The van der Waals surface area contributed by atoms with Gasteiger partial charge in [0.1, 0.15) is 5.82 Å². The van der Waals surface area contributed by atoms with Crippen molar-refractivity contribution in [3.8, 4) is 12.3 Å². The number of amides is 1. The summed E-state index contributed by atoms with van der Waals surface area (Å²) in [5, 5.41) is 8.28. The fraction of sp³-hybridized carbons (Fsp3) is 0.700. The van der Waals surface area contributed by atoms with Crippen LogP contribution in [0.2, 0.25) is 0 Å². The Morgan fingerprint density at radius 1 is 1.27 bits per heavy atom. The maximum absolute atomic E-state index is 12.7. The second-order valence-corrected chi connectivity index (χ2v) is 7.78. The molecule has 4 heterocycles. The third-order valence-corrected chi connectivity index (χ3v) is 5.96. The fourth-order valence-corrected chi connectivity index (χ4v) is 4.33. The molecule has 0 aliphatic carbocycles. The Kier molecular flexibility index (Phi) is 4.80. The molecule has 138 valence electrons. The second-order valence-electron chi connectivity index (χ2n) is 7.78. The zero-order valence-electron chi connectivity index (χ0n) is 15.4. The molecule has 1 saturated heterocycles. The van der Waals surface area contributed by atoms with Crippen LogP contribution in [0.1, 0.15) is 68.8 Å². The van der Waals surface area contributed by atoms with E-state index < -0.39 is 0 Å². The van der Waals surface area contributed by atoms with E-state index in [-0.39, 0.29) is 11.6 Å². The van der Waals surface area contributed by atoms with Crippen LogP contribution >= 0.6 is 0 Å². The van der Waals surface area contributed by atoms with Gasteiger partial charge in [0, 0.05) is 63.1 Å². The average Bonchev–Trinajstić information content (AvgIpc) is 3.33. The molecular weight excluding hydrogens is 326 g/mol. The van der Waals surface area contributed by atoms with E-state index in [0.717, 1.165) is 45.3 Å². The summed E-state index contributed by atoms with van der Waals surface area (Å²) in [5.74, 6) is 4.41. The molecular formula is C20H27N5O. The highest BCUT2D eigenvalue weighted by Gasteiger charge is 2.40. The van der Waals surface area contributed by atoms with Crippen molar-refractivity contribution in [3.63, 3.8) is 0 Å². The summed E-state index contributed by atoms with van der Waals surface area (Å²) in [6.45, 7) is 2.73. The third kappa shape index (κ3) is 3.53. The summed E-state index contributed by atoms with van der Waals surface area (Å²) < 4.78 is 2.40. The molecule has 0 bridgehead atoms. The van der Waals surface area contributed by atoms with Crippen LogP contribution in [0.5, 0.6) is 0 Å². The normalized spacial score (nSPS) is 23.3. The van der Waals surface area contributed by atoms with E-state index >= 15 is 0 Å². The van der Waals surface area contributed by atoms with E-state index in [1.54, 1.807) is 0 Å². The number of hydrogen-bond donors (Lipinski definition) is 0. The number of hydrogen-bond acceptors (Lipinski definition) is 4. The van der Waals surface area contributed by atoms with Crippen LogP contribution in [0.4, 0.5) is 0 Å². The highest BCUT2D eigenvalue weighted by molar-refractivity contribution is 5.76. The van der Waals surface area contributed by atoms with Gasteiger partial charge in [-0.2, -0.15) is 10.2 Å². The van der Waals surface area contributed by atoms with Crippen molar-refractivity contribution in [2.45, 2.75) is 75.9 Å². The van der Waals surface area contributed by atoms with Crippen molar-refractivity contribution >= 4 is 5.91 Å². The van der Waals surface area contributed by atoms with Gasteiger partial charge in [-0.15, -0.1) is 12.3 Å². The Hall–Kier alpha value is -2.16. The molecule has 1 amide bonds. The summed E-state index contributed by atoms with van der Waals surface area (Å²) in [7, 11) is 0. The minimum absolute atomic E-state index is 0.220. The van der Waals surface area contributed by atoms with Crippen LogP contribution in [0.3, 0.4) is 0 Å². The number of carbonyl (C=O) groups is 1. The Morgan fingerprint density at radius 2 is 2.15 bits per heavy atom. The first-order valence-electron chi connectivity index (χ1n) is 9.90. The highest BCUT2D eigenvalue weighted by Crippen LogP contribution is 2.38. The molecule has 4 rings (SSSR count). The Balaban J connectivity index is 1.34. The molecule has 3 aliphatic rings. The van der Waals surface area contributed by atoms with Crippen molar-refractivity contribution in [2.24, 2.45) is 10.2 Å². The summed E-state index contributed by atoms with van der Waals surface area (Å²) in [6, 6.07) is 0. The van der Waals surface area contributed by atoms with Crippen LogP contribution in [0.15, 0.2) is 16.4 Å². The molecule has 1 atom stereocenters. The topological polar surface area (TPSA) is 62.9 Å². The number of aromatic nitrogens is 2. The van der Waals surface area contributed by atoms with Crippen molar-refractivity contribution in [2.75, 3.05) is 13.1 Å². The lowest BCUT2D eigenvalue weighted by molar-refractivity contribution is -0.132. The molecule has 1 aromatic heterocycles. The molecule has 0 aromatic carbocycles. The number of rotatable bonds is 6. The summed E-state index contributed by atoms with van der Waals surface area (Å²) in [5.41, 5.74) is 1.00. The van der Waals surface area contributed by atoms with Gasteiger partial charge in [-0.05, 0) is 32.1 Å². The second kappa shape index (κ2) is 7.22. The zero-order chi connectivity index (χ0) is 18.0.